The van der Waals surface area contributed by atoms with E-state index in [0.717, 1.165) is 6.42 Å². The number of aromatic nitrogens is 2. The van der Waals surface area contributed by atoms with Crippen molar-refractivity contribution in [1.82, 2.24) is 14.9 Å². The fourth-order valence-corrected chi connectivity index (χ4v) is 1.65. The maximum Gasteiger partial charge on any atom is 0.274 e. The number of amides is 1. The summed E-state index contributed by atoms with van der Waals surface area (Å²) in [5.74, 6) is 0.630. The Labute approximate surface area is 120 Å². The first-order valence-corrected chi connectivity index (χ1v) is 6.89. The van der Waals surface area contributed by atoms with Gasteiger partial charge in [0.2, 0.25) is 0 Å². The van der Waals surface area contributed by atoms with Crippen molar-refractivity contribution in [1.29, 1.82) is 0 Å². The van der Waals surface area contributed by atoms with Crippen LogP contribution >= 0.6 is 11.6 Å². The molecule has 0 unspecified atom stereocenters. The van der Waals surface area contributed by atoms with Crippen LogP contribution in [0.1, 0.15) is 63.3 Å². The molecule has 1 heterocycles. The van der Waals surface area contributed by atoms with Gasteiger partial charge in [-0.15, -0.1) is 0 Å². The normalized spacial score (nSPS) is 11.8. The Morgan fingerprint density at radius 3 is 2.53 bits per heavy atom. The lowest BCUT2D eigenvalue weighted by atomic mass is 9.99. The summed E-state index contributed by atoms with van der Waals surface area (Å²) in [4.78, 5) is 22.6. The van der Waals surface area contributed by atoms with E-state index in [1.54, 1.807) is 11.9 Å². The number of hydrogen-bond donors (Lipinski definition) is 0. The minimum atomic E-state index is -0.233. The number of nitrogens with zero attached hydrogens (tertiary/aromatic N) is 3. The van der Waals surface area contributed by atoms with E-state index < -0.39 is 0 Å². The van der Waals surface area contributed by atoms with Crippen LogP contribution in [0.4, 0.5) is 0 Å². The van der Waals surface area contributed by atoms with Crippen LogP contribution in [0.25, 0.3) is 0 Å². The third-order valence-corrected chi connectivity index (χ3v) is 3.84. The first-order chi connectivity index (χ1) is 8.70. The standard InChI is InChI=1S/C14H22ClN3O/c1-7-14(4,5)18(6)13(19)11-10(15)8-16-12(17-11)9(2)3/h8-9H,7H2,1-6H3. The van der Waals surface area contributed by atoms with Crippen LogP contribution in [0.5, 0.6) is 0 Å². The summed E-state index contributed by atoms with van der Waals surface area (Å²) in [6.07, 6.45) is 2.36. The molecule has 0 bridgehead atoms. The summed E-state index contributed by atoms with van der Waals surface area (Å²) in [5, 5.41) is 0.299. The molecular formula is C14H22ClN3O. The molecule has 0 saturated carbocycles. The highest BCUT2D eigenvalue weighted by Gasteiger charge is 2.29. The SMILES string of the molecule is CCC(C)(C)N(C)C(=O)c1nc(C(C)C)ncc1Cl. The van der Waals surface area contributed by atoms with Gasteiger partial charge >= 0.3 is 0 Å². The largest absolute Gasteiger partial charge is 0.335 e. The molecule has 0 N–H and O–H groups in total. The van der Waals surface area contributed by atoms with Crippen molar-refractivity contribution in [2.45, 2.75) is 52.5 Å². The molecule has 0 spiro atoms. The average molecular weight is 284 g/mol. The molecule has 0 aliphatic heterocycles. The number of rotatable bonds is 4. The summed E-state index contributed by atoms with van der Waals surface area (Å²) in [6, 6.07) is 0. The first-order valence-electron chi connectivity index (χ1n) is 6.51. The molecule has 0 aliphatic carbocycles. The molecule has 1 rings (SSSR count). The Hall–Kier alpha value is -1.16. The van der Waals surface area contributed by atoms with Gasteiger partial charge in [-0.2, -0.15) is 0 Å². The molecular weight excluding hydrogens is 262 g/mol. The fraction of sp³-hybridized carbons (Fsp3) is 0.643. The average Bonchev–Trinajstić information content (AvgIpc) is 2.37. The minimum absolute atomic E-state index is 0.160. The molecule has 106 valence electrons. The fourth-order valence-electron chi connectivity index (χ4n) is 1.48. The number of halogens is 1. The highest BCUT2D eigenvalue weighted by molar-refractivity contribution is 6.33. The molecule has 19 heavy (non-hydrogen) atoms. The van der Waals surface area contributed by atoms with E-state index in [1.165, 1.54) is 6.20 Å². The summed E-state index contributed by atoms with van der Waals surface area (Å²) in [6.45, 7) is 10.0. The molecule has 0 aliphatic rings. The lowest BCUT2D eigenvalue weighted by molar-refractivity contribution is 0.0613. The van der Waals surface area contributed by atoms with Gasteiger partial charge in [0.05, 0.1) is 11.2 Å². The van der Waals surface area contributed by atoms with E-state index in [0.29, 0.717) is 10.8 Å². The Morgan fingerprint density at radius 1 is 1.47 bits per heavy atom. The Morgan fingerprint density at radius 2 is 2.05 bits per heavy atom. The molecule has 1 aromatic heterocycles. The third-order valence-electron chi connectivity index (χ3n) is 3.56. The second-order valence-electron chi connectivity index (χ2n) is 5.61. The molecule has 5 heteroatoms. The predicted molar refractivity (Wildman–Crippen MR) is 77.6 cm³/mol. The Balaban J connectivity index is 3.15. The van der Waals surface area contributed by atoms with Gasteiger partial charge in [0.25, 0.3) is 5.91 Å². The van der Waals surface area contributed by atoms with Crippen molar-refractivity contribution in [3.05, 3.63) is 22.7 Å². The summed E-state index contributed by atoms with van der Waals surface area (Å²) >= 11 is 6.06. The molecule has 0 saturated heterocycles. The Bertz CT molecular complexity index is 472. The maximum atomic E-state index is 12.5. The highest BCUT2D eigenvalue weighted by Crippen LogP contribution is 2.22. The molecule has 0 aromatic carbocycles. The van der Waals surface area contributed by atoms with E-state index in [4.69, 9.17) is 11.6 Å². The zero-order chi connectivity index (χ0) is 14.8. The summed E-state index contributed by atoms with van der Waals surface area (Å²) < 4.78 is 0. The molecule has 1 aromatic rings. The van der Waals surface area contributed by atoms with E-state index in [9.17, 15) is 4.79 Å². The van der Waals surface area contributed by atoms with Gasteiger partial charge in [-0.25, -0.2) is 9.97 Å². The summed E-state index contributed by atoms with van der Waals surface area (Å²) in [5.41, 5.74) is 0.0491. The highest BCUT2D eigenvalue weighted by atomic mass is 35.5. The van der Waals surface area contributed by atoms with E-state index in [1.807, 2.05) is 34.6 Å². The van der Waals surface area contributed by atoms with Crippen LogP contribution in [0.15, 0.2) is 6.20 Å². The van der Waals surface area contributed by atoms with E-state index in [2.05, 4.69) is 9.97 Å². The van der Waals surface area contributed by atoms with E-state index in [-0.39, 0.29) is 23.1 Å². The minimum Gasteiger partial charge on any atom is -0.335 e. The molecule has 4 nitrogen and oxygen atoms in total. The van der Waals surface area contributed by atoms with Crippen LogP contribution in [0.2, 0.25) is 5.02 Å². The van der Waals surface area contributed by atoms with Crippen molar-refractivity contribution in [3.8, 4) is 0 Å². The van der Waals surface area contributed by atoms with Gasteiger partial charge in [0.1, 0.15) is 5.82 Å². The van der Waals surface area contributed by atoms with Crippen molar-refractivity contribution in [2.24, 2.45) is 0 Å². The lowest BCUT2D eigenvalue weighted by Gasteiger charge is -2.34. The van der Waals surface area contributed by atoms with Crippen LogP contribution in [-0.2, 0) is 0 Å². The molecule has 0 atom stereocenters. The smallest absolute Gasteiger partial charge is 0.274 e. The van der Waals surface area contributed by atoms with Gasteiger partial charge in [0.15, 0.2) is 5.69 Å². The lowest BCUT2D eigenvalue weighted by Crippen LogP contribution is -2.45. The zero-order valence-electron chi connectivity index (χ0n) is 12.5. The van der Waals surface area contributed by atoms with Crippen molar-refractivity contribution < 1.29 is 4.79 Å². The van der Waals surface area contributed by atoms with Crippen LogP contribution in [0, 0.1) is 0 Å². The van der Waals surface area contributed by atoms with E-state index >= 15 is 0 Å². The quantitative estimate of drug-likeness (QED) is 0.849. The van der Waals surface area contributed by atoms with Crippen molar-refractivity contribution >= 4 is 17.5 Å². The summed E-state index contributed by atoms with van der Waals surface area (Å²) in [7, 11) is 1.78. The van der Waals surface area contributed by atoms with Gasteiger partial charge in [0, 0.05) is 18.5 Å². The van der Waals surface area contributed by atoms with Crippen molar-refractivity contribution in [2.75, 3.05) is 7.05 Å². The number of hydrogen-bond acceptors (Lipinski definition) is 3. The molecule has 1 amide bonds. The predicted octanol–water partition coefficient (Wildman–Crippen LogP) is 3.51. The van der Waals surface area contributed by atoms with Gasteiger partial charge < -0.3 is 4.90 Å². The second kappa shape index (κ2) is 5.87. The van der Waals surface area contributed by atoms with Gasteiger partial charge in [-0.05, 0) is 20.3 Å². The topological polar surface area (TPSA) is 46.1 Å². The van der Waals surface area contributed by atoms with Crippen LogP contribution in [-0.4, -0.2) is 33.4 Å². The maximum absolute atomic E-state index is 12.5. The number of carbonyl (C=O) groups is 1. The Kier molecular flexibility index (Phi) is 4.91. The monoisotopic (exact) mass is 283 g/mol. The van der Waals surface area contributed by atoms with Gasteiger partial charge in [-0.1, -0.05) is 32.4 Å². The molecule has 0 radical (unpaired) electrons. The second-order valence-corrected chi connectivity index (χ2v) is 6.02. The molecule has 0 fully saturated rings. The zero-order valence-corrected chi connectivity index (χ0v) is 13.2. The van der Waals surface area contributed by atoms with Gasteiger partial charge in [-0.3, -0.25) is 4.79 Å². The third kappa shape index (κ3) is 3.44. The van der Waals surface area contributed by atoms with Crippen LogP contribution in [0.3, 0.4) is 0 Å². The number of carbonyl (C=O) groups excluding carboxylic acids is 1. The van der Waals surface area contributed by atoms with Crippen LogP contribution < -0.4 is 0 Å². The first kappa shape index (κ1) is 15.9. The van der Waals surface area contributed by atoms with Crippen molar-refractivity contribution in [3.63, 3.8) is 0 Å².